The van der Waals surface area contributed by atoms with Crippen LogP contribution in [0.4, 0.5) is 5.69 Å². The Morgan fingerprint density at radius 2 is 1.89 bits per heavy atom. The van der Waals surface area contributed by atoms with E-state index < -0.39 is 0 Å². The third kappa shape index (κ3) is 2.85. The van der Waals surface area contributed by atoms with Gasteiger partial charge in [0.1, 0.15) is 0 Å². The fraction of sp³-hybridized carbons (Fsp3) is 0.400. The monoisotopic (exact) mass is 256 g/mol. The zero-order chi connectivity index (χ0) is 13.2. The van der Waals surface area contributed by atoms with E-state index in [0.717, 1.165) is 55.0 Å². The number of piperazine rings is 1. The first-order valence-electron chi connectivity index (χ1n) is 6.77. The summed E-state index contributed by atoms with van der Waals surface area (Å²) < 4.78 is 0. The zero-order valence-corrected chi connectivity index (χ0v) is 11.3. The van der Waals surface area contributed by atoms with E-state index in [1.807, 2.05) is 18.2 Å². The number of nitrogens with zero attached hydrogens (tertiary/aromatic N) is 3. The van der Waals surface area contributed by atoms with Crippen LogP contribution >= 0.6 is 0 Å². The van der Waals surface area contributed by atoms with Crippen molar-refractivity contribution in [3.63, 3.8) is 0 Å². The van der Waals surface area contributed by atoms with Gasteiger partial charge in [0.2, 0.25) is 0 Å². The molecule has 0 unspecified atom stereocenters. The van der Waals surface area contributed by atoms with E-state index in [2.05, 4.69) is 29.0 Å². The van der Waals surface area contributed by atoms with Gasteiger partial charge in [-0.05, 0) is 31.3 Å². The van der Waals surface area contributed by atoms with Gasteiger partial charge < -0.3 is 10.6 Å². The van der Waals surface area contributed by atoms with Crippen molar-refractivity contribution in [3.8, 4) is 0 Å². The Bertz CT molecular complexity index is 573. The molecule has 4 nitrogen and oxygen atoms in total. The zero-order valence-electron chi connectivity index (χ0n) is 11.3. The van der Waals surface area contributed by atoms with Crippen LogP contribution in [0.5, 0.6) is 0 Å². The molecule has 0 atom stereocenters. The lowest BCUT2D eigenvalue weighted by atomic mass is 10.2. The Labute approximate surface area is 113 Å². The van der Waals surface area contributed by atoms with E-state index in [4.69, 9.17) is 10.7 Å². The summed E-state index contributed by atoms with van der Waals surface area (Å²) in [5, 5.41) is 1.11. The number of rotatable bonds is 2. The number of anilines is 1. The second kappa shape index (κ2) is 5.15. The molecule has 1 aliphatic rings. The number of fused-ring (bicyclic) bond motifs is 1. The molecule has 1 aromatic carbocycles. The molecule has 1 saturated heterocycles. The van der Waals surface area contributed by atoms with Gasteiger partial charge in [0, 0.05) is 43.8 Å². The lowest BCUT2D eigenvalue weighted by molar-refractivity contribution is 0.147. The normalized spacial score (nSPS) is 17.9. The van der Waals surface area contributed by atoms with Crippen LogP contribution in [0.1, 0.15) is 5.69 Å². The van der Waals surface area contributed by atoms with Gasteiger partial charge >= 0.3 is 0 Å². The predicted molar refractivity (Wildman–Crippen MR) is 78.9 cm³/mol. The summed E-state index contributed by atoms with van der Waals surface area (Å²) in [4.78, 5) is 9.55. The van der Waals surface area contributed by atoms with Gasteiger partial charge in [0.05, 0.1) is 11.2 Å². The van der Waals surface area contributed by atoms with Crippen LogP contribution in [-0.4, -0.2) is 48.0 Å². The number of nitrogens with two attached hydrogens (primary N) is 1. The average Bonchev–Trinajstić information content (AvgIpc) is 2.42. The summed E-state index contributed by atoms with van der Waals surface area (Å²) in [7, 11) is 2.18. The highest BCUT2D eigenvalue weighted by atomic mass is 15.2. The van der Waals surface area contributed by atoms with E-state index in [0.29, 0.717) is 0 Å². The minimum absolute atomic E-state index is 0.793. The summed E-state index contributed by atoms with van der Waals surface area (Å²) in [5.41, 5.74) is 8.75. The Balaban J connectivity index is 1.76. The highest BCUT2D eigenvalue weighted by Gasteiger charge is 2.14. The van der Waals surface area contributed by atoms with Crippen molar-refractivity contribution in [1.29, 1.82) is 0 Å². The van der Waals surface area contributed by atoms with E-state index in [9.17, 15) is 0 Å². The van der Waals surface area contributed by atoms with Crippen LogP contribution in [0.25, 0.3) is 10.9 Å². The molecule has 0 radical (unpaired) electrons. The molecule has 1 aliphatic heterocycles. The molecular weight excluding hydrogens is 236 g/mol. The fourth-order valence-corrected chi connectivity index (χ4v) is 2.51. The van der Waals surface area contributed by atoms with Crippen molar-refractivity contribution >= 4 is 16.6 Å². The summed E-state index contributed by atoms with van der Waals surface area (Å²) in [5.74, 6) is 0. The number of pyridine rings is 1. The third-order valence-corrected chi connectivity index (χ3v) is 3.75. The molecule has 2 N–H and O–H groups in total. The maximum absolute atomic E-state index is 5.78. The number of likely N-dealkylation sites (N-methyl/N-ethyl adjacent to an activating group) is 1. The SMILES string of the molecule is CN1CCN(Cc2ccc3cc(N)ccc3n2)CC1. The number of benzene rings is 1. The fourth-order valence-electron chi connectivity index (χ4n) is 2.51. The van der Waals surface area contributed by atoms with Gasteiger partial charge in [-0.25, -0.2) is 0 Å². The Kier molecular flexibility index (Phi) is 3.36. The summed E-state index contributed by atoms with van der Waals surface area (Å²) in [6, 6.07) is 10.1. The van der Waals surface area contributed by atoms with E-state index in [-0.39, 0.29) is 0 Å². The Hall–Kier alpha value is -1.65. The highest BCUT2D eigenvalue weighted by Crippen LogP contribution is 2.17. The lowest BCUT2D eigenvalue weighted by Crippen LogP contribution is -2.43. The first-order valence-corrected chi connectivity index (χ1v) is 6.77. The molecule has 1 aromatic heterocycles. The van der Waals surface area contributed by atoms with Crippen LogP contribution in [-0.2, 0) is 6.54 Å². The molecule has 0 amide bonds. The van der Waals surface area contributed by atoms with Gasteiger partial charge in [0.15, 0.2) is 0 Å². The van der Waals surface area contributed by atoms with Gasteiger partial charge in [0.25, 0.3) is 0 Å². The molecule has 3 rings (SSSR count). The molecule has 0 bridgehead atoms. The summed E-state index contributed by atoms with van der Waals surface area (Å²) in [6.07, 6.45) is 0. The van der Waals surface area contributed by atoms with Gasteiger partial charge in [-0.2, -0.15) is 0 Å². The molecule has 0 spiro atoms. The second-order valence-corrected chi connectivity index (χ2v) is 5.33. The molecule has 4 heteroatoms. The molecule has 100 valence electrons. The minimum atomic E-state index is 0.793. The van der Waals surface area contributed by atoms with E-state index in [1.165, 1.54) is 0 Å². The maximum Gasteiger partial charge on any atom is 0.0707 e. The Morgan fingerprint density at radius 1 is 1.11 bits per heavy atom. The van der Waals surface area contributed by atoms with Crippen LogP contribution < -0.4 is 5.73 Å². The molecule has 2 aromatic rings. The molecule has 0 aliphatic carbocycles. The number of hydrogen-bond acceptors (Lipinski definition) is 4. The van der Waals surface area contributed by atoms with Crippen LogP contribution in [0.2, 0.25) is 0 Å². The van der Waals surface area contributed by atoms with Gasteiger partial charge in [-0.1, -0.05) is 6.07 Å². The first kappa shape index (κ1) is 12.4. The van der Waals surface area contributed by atoms with E-state index >= 15 is 0 Å². The van der Waals surface area contributed by atoms with Crippen molar-refractivity contribution < 1.29 is 0 Å². The van der Waals surface area contributed by atoms with Gasteiger partial charge in [-0.3, -0.25) is 9.88 Å². The Morgan fingerprint density at radius 3 is 2.68 bits per heavy atom. The first-order chi connectivity index (χ1) is 9.20. The minimum Gasteiger partial charge on any atom is -0.399 e. The topological polar surface area (TPSA) is 45.4 Å². The second-order valence-electron chi connectivity index (χ2n) is 5.33. The largest absolute Gasteiger partial charge is 0.399 e. The predicted octanol–water partition coefficient (Wildman–Crippen LogP) is 1.56. The van der Waals surface area contributed by atoms with Crippen molar-refractivity contribution in [1.82, 2.24) is 14.8 Å². The smallest absolute Gasteiger partial charge is 0.0707 e. The third-order valence-electron chi connectivity index (χ3n) is 3.75. The number of aromatic nitrogens is 1. The van der Waals surface area contributed by atoms with Crippen molar-refractivity contribution in [2.45, 2.75) is 6.54 Å². The summed E-state index contributed by atoms with van der Waals surface area (Å²) >= 11 is 0. The van der Waals surface area contributed by atoms with Crippen molar-refractivity contribution in [2.24, 2.45) is 0 Å². The average molecular weight is 256 g/mol. The summed E-state index contributed by atoms with van der Waals surface area (Å²) in [6.45, 7) is 5.47. The lowest BCUT2D eigenvalue weighted by Gasteiger charge is -2.32. The molecule has 1 fully saturated rings. The molecule has 2 heterocycles. The quantitative estimate of drug-likeness (QED) is 0.828. The van der Waals surface area contributed by atoms with Gasteiger partial charge in [-0.15, -0.1) is 0 Å². The van der Waals surface area contributed by atoms with E-state index in [1.54, 1.807) is 0 Å². The number of nitrogen functional groups attached to an aromatic ring is 1. The highest BCUT2D eigenvalue weighted by molar-refractivity contribution is 5.81. The van der Waals surface area contributed by atoms with Crippen LogP contribution in [0, 0.1) is 0 Å². The maximum atomic E-state index is 5.78. The van der Waals surface area contributed by atoms with Crippen molar-refractivity contribution in [2.75, 3.05) is 39.0 Å². The molecule has 0 saturated carbocycles. The van der Waals surface area contributed by atoms with Crippen LogP contribution in [0.3, 0.4) is 0 Å². The molecule has 19 heavy (non-hydrogen) atoms. The number of hydrogen-bond donors (Lipinski definition) is 1. The van der Waals surface area contributed by atoms with Crippen molar-refractivity contribution in [3.05, 3.63) is 36.0 Å². The molecular formula is C15H20N4. The standard InChI is InChI=1S/C15H20N4/c1-18-6-8-19(9-7-18)11-14-4-2-12-10-13(16)3-5-15(12)17-14/h2-5,10H,6-9,11,16H2,1H3. The van der Waals surface area contributed by atoms with Crippen LogP contribution in [0.15, 0.2) is 30.3 Å².